The molecule has 1 aromatic carbocycles. The molecule has 0 radical (unpaired) electrons. The van der Waals surface area contributed by atoms with Crippen LogP contribution in [0.15, 0.2) is 24.3 Å². The molecule has 0 bridgehead atoms. The van der Waals surface area contributed by atoms with Crippen molar-refractivity contribution in [2.45, 2.75) is 57.8 Å². The number of rotatable bonds is 6. The number of hydrogen-bond acceptors (Lipinski definition) is 3. The molecule has 1 fully saturated rings. The van der Waals surface area contributed by atoms with Gasteiger partial charge in [0.05, 0.1) is 5.92 Å². The maximum Gasteiger partial charge on any atom is 0.323 e. The molecule has 156 valence electrons. The normalized spacial score (nSPS) is 17.8. The van der Waals surface area contributed by atoms with Crippen LogP contribution < -0.4 is 0 Å². The van der Waals surface area contributed by atoms with Crippen LogP contribution in [0.4, 0.5) is 27.4 Å². The minimum Gasteiger partial charge on any atom is -0.360 e. The number of carbonyl (C=O) groups is 1. The van der Waals surface area contributed by atoms with Crippen molar-refractivity contribution in [2.75, 3.05) is 0 Å². The molecule has 1 aliphatic rings. The van der Waals surface area contributed by atoms with Gasteiger partial charge in [-0.3, -0.25) is 28.3 Å². The molecular formula is C17H28F6O2S. The molecule has 0 saturated heterocycles. The summed E-state index contributed by atoms with van der Waals surface area (Å²) in [5.74, 6) is -0.0171. The smallest absolute Gasteiger partial charge is 0.323 e. The SMILES string of the molecule is CCCCc1ccc(C2CCC(C(=O)OSF)CC2)cc1.F.F.F.F.F. The topological polar surface area (TPSA) is 26.3 Å². The van der Waals surface area contributed by atoms with Crippen molar-refractivity contribution in [3.8, 4) is 0 Å². The van der Waals surface area contributed by atoms with Crippen molar-refractivity contribution in [1.82, 2.24) is 0 Å². The van der Waals surface area contributed by atoms with Gasteiger partial charge in [-0.25, -0.2) is 0 Å². The average molecular weight is 410 g/mol. The van der Waals surface area contributed by atoms with Gasteiger partial charge >= 0.3 is 5.97 Å². The van der Waals surface area contributed by atoms with Crippen molar-refractivity contribution in [2.24, 2.45) is 5.92 Å². The Kier molecular flexibility index (Phi) is 21.2. The van der Waals surface area contributed by atoms with Crippen LogP contribution in [0, 0.1) is 5.92 Å². The molecule has 0 aromatic heterocycles. The number of aryl methyl sites for hydroxylation is 1. The highest BCUT2D eigenvalue weighted by Gasteiger charge is 2.28. The lowest BCUT2D eigenvalue weighted by molar-refractivity contribution is -0.138. The molecule has 0 spiro atoms. The van der Waals surface area contributed by atoms with Gasteiger partial charge in [-0.2, -0.15) is 0 Å². The van der Waals surface area contributed by atoms with Gasteiger partial charge in [-0.05, 0) is 55.6 Å². The molecule has 1 saturated carbocycles. The van der Waals surface area contributed by atoms with Crippen LogP contribution >= 0.6 is 12.4 Å². The van der Waals surface area contributed by atoms with E-state index >= 15 is 0 Å². The molecule has 1 aliphatic carbocycles. The standard InChI is InChI=1S/C17H23FO2S.5FH/c1-2-3-4-13-5-7-14(8-6-13)15-9-11-16(12-10-15)17(19)20-21-18;;;;;/h5-8,15-16H,2-4,9-12H2,1H3;5*1H. The van der Waals surface area contributed by atoms with E-state index in [1.165, 1.54) is 24.0 Å². The summed E-state index contributed by atoms with van der Waals surface area (Å²) < 4.78 is 16.3. The first-order valence-corrected chi connectivity index (χ1v) is 8.46. The Morgan fingerprint density at radius 3 is 2.04 bits per heavy atom. The zero-order chi connectivity index (χ0) is 15.1. The fourth-order valence-corrected chi connectivity index (χ4v) is 3.30. The fourth-order valence-electron chi connectivity index (χ4n) is 3.10. The summed E-state index contributed by atoms with van der Waals surface area (Å²) >= 11 is -0.341. The Hall–Kier alpha value is -1.38. The van der Waals surface area contributed by atoms with Gasteiger partial charge in [0.1, 0.15) is 0 Å². The second-order valence-corrected chi connectivity index (χ2v) is 6.15. The van der Waals surface area contributed by atoms with E-state index in [0.717, 1.165) is 32.1 Å². The summed E-state index contributed by atoms with van der Waals surface area (Å²) in [6.45, 7) is 2.21. The number of halogens is 6. The van der Waals surface area contributed by atoms with E-state index in [1.807, 2.05) is 0 Å². The number of unbranched alkanes of at least 4 members (excludes halogenated alkanes) is 1. The van der Waals surface area contributed by atoms with E-state index in [2.05, 4.69) is 35.4 Å². The summed E-state index contributed by atoms with van der Waals surface area (Å²) in [7, 11) is 0. The van der Waals surface area contributed by atoms with Crippen LogP contribution in [0.25, 0.3) is 0 Å². The average Bonchev–Trinajstić information content (AvgIpc) is 2.54. The van der Waals surface area contributed by atoms with Crippen molar-refractivity contribution < 1.29 is 36.4 Å². The number of carbonyl (C=O) groups excluding carboxylic acids is 1. The predicted octanol–water partition coefficient (Wildman–Crippen LogP) is 6.14. The van der Waals surface area contributed by atoms with Crippen molar-refractivity contribution in [3.05, 3.63) is 35.4 Å². The van der Waals surface area contributed by atoms with E-state index in [1.54, 1.807) is 0 Å². The highest BCUT2D eigenvalue weighted by atomic mass is 32.2. The third-order valence-corrected chi connectivity index (χ3v) is 4.67. The summed E-state index contributed by atoms with van der Waals surface area (Å²) in [5, 5.41) is 0. The van der Waals surface area contributed by atoms with E-state index in [-0.39, 0.29) is 41.9 Å². The van der Waals surface area contributed by atoms with Crippen LogP contribution in [-0.2, 0) is 15.4 Å². The summed E-state index contributed by atoms with van der Waals surface area (Å²) in [4.78, 5) is 11.5. The van der Waals surface area contributed by atoms with Gasteiger partial charge in [0.25, 0.3) is 12.4 Å². The maximum absolute atomic E-state index is 11.9. The van der Waals surface area contributed by atoms with Crippen molar-refractivity contribution in [3.63, 3.8) is 0 Å². The summed E-state index contributed by atoms with van der Waals surface area (Å²) in [6.07, 6.45) is 7.15. The highest BCUT2D eigenvalue weighted by molar-refractivity contribution is 7.89. The van der Waals surface area contributed by atoms with Gasteiger partial charge in [0, 0.05) is 0 Å². The molecule has 0 heterocycles. The maximum atomic E-state index is 11.9. The van der Waals surface area contributed by atoms with Crippen LogP contribution in [0.2, 0.25) is 0 Å². The summed E-state index contributed by atoms with van der Waals surface area (Å²) in [5.41, 5.74) is 2.76. The molecular weight excluding hydrogens is 382 g/mol. The number of benzene rings is 1. The quantitative estimate of drug-likeness (QED) is 0.416. The van der Waals surface area contributed by atoms with E-state index in [4.69, 9.17) is 0 Å². The van der Waals surface area contributed by atoms with Crippen LogP contribution in [-0.4, -0.2) is 5.97 Å². The molecule has 26 heavy (non-hydrogen) atoms. The van der Waals surface area contributed by atoms with Gasteiger partial charge < -0.3 is 4.18 Å². The minimum absolute atomic E-state index is 0. The third kappa shape index (κ3) is 9.35. The first-order valence-electron chi connectivity index (χ1n) is 7.82. The molecule has 1 aromatic rings. The molecule has 0 unspecified atom stereocenters. The zero-order valence-electron chi connectivity index (χ0n) is 14.6. The molecule has 2 nitrogen and oxygen atoms in total. The molecule has 9 heteroatoms. The molecule has 2 rings (SSSR count). The van der Waals surface area contributed by atoms with Crippen molar-refractivity contribution in [1.29, 1.82) is 0 Å². The lowest BCUT2D eigenvalue weighted by atomic mass is 9.78. The minimum atomic E-state index is -0.407. The highest BCUT2D eigenvalue weighted by Crippen LogP contribution is 2.36. The third-order valence-electron chi connectivity index (χ3n) is 4.44. The monoisotopic (exact) mass is 410 g/mol. The van der Waals surface area contributed by atoms with E-state index in [0.29, 0.717) is 5.92 Å². The fraction of sp³-hybridized carbons (Fsp3) is 0.588. The summed E-state index contributed by atoms with van der Waals surface area (Å²) in [6, 6.07) is 8.91. The predicted molar refractivity (Wildman–Crippen MR) is 97.1 cm³/mol. The van der Waals surface area contributed by atoms with Crippen LogP contribution in [0.1, 0.15) is 62.5 Å². The molecule has 0 amide bonds. The Morgan fingerprint density at radius 2 is 1.58 bits per heavy atom. The Bertz CT molecular complexity index is 453. The van der Waals surface area contributed by atoms with Gasteiger partial charge in [-0.1, -0.05) is 37.6 Å². The molecule has 0 N–H and O–H groups in total. The first-order chi connectivity index (χ1) is 10.2. The van der Waals surface area contributed by atoms with Crippen LogP contribution in [0.3, 0.4) is 0 Å². The Balaban J connectivity index is -0.000000484. The van der Waals surface area contributed by atoms with Crippen LogP contribution in [0.5, 0.6) is 0 Å². The molecule has 0 aliphatic heterocycles. The van der Waals surface area contributed by atoms with E-state index < -0.39 is 5.97 Å². The largest absolute Gasteiger partial charge is 0.360 e. The van der Waals surface area contributed by atoms with Gasteiger partial charge in [0.2, 0.25) is 0 Å². The molecule has 0 atom stereocenters. The van der Waals surface area contributed by atoms with Gasteiger partial charge in [0.15, 0.2) is 0 Å². The Morgan fingerprint density at radius 1 is 1.04 bits per heavy atom. The second-order valence-electron chi connectivity index (χ2n) is 5.86. The van der Waals surface area contributed by atoms with E-state index in [9.17, 15) is 8.68 Å². The van der Waals surface area contributed by atoms with Crippen molar-refractivity contribution >= 4 is 18.4 Å². The van der Waals surface area contributed by atoms with Gasteiger partial charge in [-0.15, -0.1) is 3.89 Å². The number of hydrogen-bond donors (Lipinski definition) is 0. The second kappa shape index (κ2) is 17.1. The first kappa shape index (κ1) is 32.3. The lowest BCUT2D eigenvalue weighted by Gasteiger charge is -2.27. The Labute approximate surface area is 154 Å². The lowest BCUT2D eigenvalue weighted by Crippen LogP contribution is -2.21. The zero-order valence-corrected chi connectivity index (χ0v) is 15.4.